The standard InChI is InChI=1S/C16H12F3NO4/c1-23-10-4-2-3-9(7-10)15(22)12-8-11(24-16(17,18)19)5-6-13(12)20-14(15)21/h2-8,22H,1H3,(H,20,21)/t15-/m1/s1. The molecule has 0 bridgehead atoms. The van der Waals surface area contributed by atoms with Crippen LogP contribution in [-0.2, 0) is 10.4 Å². The van der Waals surface area contributed by atoms with Crippen LogP contribution < -0.4 is 14.8 Å². The number of rotatable bonds is 3. The summed E-state index contributed by atoms with van der Waals surface area (Å²) < 4.78 is 46.1. The number of alkyl halides is 3. The topological polar surface area (TPSA) is 67.8 Å². The Hall–Kier alpha value is -2.74. The average molecular weight is 339 g/mol. The maximum Gasteiger partial charge on any atom is 0.573 e. The first-order chi connectivity index (χ1) is 11.2. The van der Waals surface area contributed by atoms with Gasteiger partial charge in [-0.05, 0) is 30.3 Å². The lowest BCUT2D eigenvalue weighted by molar-refractivity contribution is -0.274. The van der Waals surface area contributed by atoms with Crippen molar-refractivity contribution in [2.75, 3.05) is 12.4 Å². The molecule has 0 radical (unpaired) electrons. The fourth-order valence-electron chi connectivity index (χ4n) is 2.60. The van der Waals surface area contributed by atoms with E-state index in [-0.39, 0.29) is 16.8 Å². The van der Waals surface area contributed by atoms with E-state index >= 15 is 0 Å². The highest BCUT2D eigenvalue weighted by Gasteiger charge is 2.47. The average Bonchev–Trinajstić information content (AvgIpc) is 2.78. The Morgan fingerprint density at radius 1 is 1.12 bits per heavy atom. The molecule has 1 aliphatic rings. The van der Waals surface area contributed by atoms with E-state index in [4.69, 9.17) is 4.74 Å². The normalized spacial score (nSPS) is 19.6. The molecule has 8 heteroatoms. The molecule has 126 valence electrons. The largest absolute Gasteiger partial charge is 0.573 e. The van der Waals surface area contributed by atoms with E-state index < -0.39 is 23.6 Å². The Labute approximate surface area is 134 Å². The molecular formula is C16H12F3NO4. The minimum atomic E-state index is -4.88. The van der Waals surface area contributed by atoms with Gasteiger partial charge in [0, 0.05) is 16.8 Å². The van der Waals surface area contributed by atoms with Crippen molar-refractivity contribution < 1.29 is 32.5 Å². The minimum absolute atomic E-state index is 0.0255. The van der Waals surface area contributed by atoms with Crippen LogP contribution in [0.25, 0.3) is 0 Å². The molecule has 0 spiro atoms. The van der Waals surface area contributed by atoms with E-state index in [1.54, 1.807) is 12.1 Å². The van der Waals surface area contributed by atoms with Gasteiger partial charge in [0.25, 0.3) is 5.91 Å². The molecule has 0 fully saturated rings. The Morgan fingerprint density at radius 3 is 2.54 bits per heavy atom. The Bertz CT molecular complexity index is 806. The molecular weight excluding hydrogens is 327 g/mol. The lowest BCUT2D eigenvalue weighted by Crippen LogP contribution is -2.35. The molecule has 24 heavy (non-hydrogen) atoms. The van der Waals surface area contributed by atoms with Crippen LogP contribution in [0.2, 0.25) is 0 Å². The number of aliphatic hydroxyl groups is 1. The van der Waals surface area contributed by atoms with Gasteiger partial charge in [0.15, 0.2) is 5.60 Å². The van der Waals surface area contributed by atoms with Crippen LogP contribution in [-0.4, -0.2) is 24.5 Å². The number of nitrogens with one attached hydrogen (secondary N) is 1. The lowest BCUT2D eigenvalue weighted by atomic mass is 9.87. The summed E-state index contributed by atoms with van der Waals surface area (Å²) in [5.74, 6) is -0.904. The number of hydrogen-bond donors (Lipinski definition) is 2. The fourth-order valence-corrected chi connectivity index (χ4v) is 2.60. The number of ether oxygens (including phenoxy) is 2. The summed E-state index contributed by atoms with van der Waals surface area (Å²) >= 11 is 0. The number of fused-ring (bicyclic) bond motifs is 1. The molecule has 2 aromatic rings. The smallest absolute Gasteiger partial charge is 0.497 e. The predicted octanol–water partition coefficient (Wildman–Crippen LogP) is 2.78. The van der Waals surface area contributed by atoms with Crippen LogP contribution in [0.5, 0.6) is 11.5 Å². The number of benzene rings is 2. The zero-order valence-electron chi connectivity index (χ0n) is 12.3. The Balaban J connectivity index is 2.10. The van der Waals surface area contributed by atoms with Gasteiger partial charge in [0.1, 0.15) is 11.5 Å². The van der Waals surface area contributed by atoms with Gasteiger partial charge in [0.05, 0.1) is 7.11 Å². The molecule has 1 atom stereocenters. The number of halogens is 3. The van der Waals surface area contributed by atoms with Crippen LogP contribution in [0.1, 0.15) is 11.1 Å². The lowest BCUT2D eigenvalue weighted by Gasteiger charge is -2.22. The van der Waals surface area contributed by atoms with E-state index in [9.17, 15) is 23.1 Å². The first-order valence-electron chi connectivity index (χ1n) is 6.82. The van der Waals surface area contributed by atoms with Gasteiger partial charge in [-0.15, -0.1) is 13.2 Å². The molecule has 0 aliphatic carbocycles. The first-order valence-corrected chi connectivity index (χ1v) is 6.82. The summed E-state index contributed by atoms with van der Waals surface area (Å²) in [6.45, 7) is 0. The summed E-state index contributed by atoms with van der Waals surface area (Å²) in [6.07, 6.45) is -4.88. The van der Waals surface area contributed by atoms with Crippen molar-refractivity contribution in [2.24, 2.45) is 0 Å². The molecule has 1 amide bonds. The van der Waals surface area contributed by atoms with Crippen LogP contribution >= 0.6 is 0 Å². The van der Waals surface area contributed by atoms with Crippen molar-refractivity contribution in [1.29, 1.82) is 0 Å². The minimum Gasteiger partial charge on any atom is -0.497 e. The summed E-state index contributed by atoms with van der Waals surface area (Å²) in [5, 5.41) is 13.4. The summed E-state index contributed by atoms with van der Waals surface area (Å²) in [5.41, 5.74) is -1.79. The number of carbonyl (C=O) groups excluding carboxylic acids is 1. The molecule has 5 nitrogen and oxygen atoms in total. The highest BCUT2D eigenvalue weighted by molar-refractivity contribution is 6.07. The SMILES string of the molecule is COc1cccc([C@]2(O)C(=O)Nc3ccc(OC(F)(F)F)cc32)c1. The fraction of sp³-hybridized carbons (Fsp3) is 0.188. The second-order valence-electron chi connectivity index (χ2n) is 5.15. The second-order valence-corrected chi connectivity index (χ2v) is 5.15. The number of amides is 1. The maximum atomic E-state index is 12.4. The Morgan fingerprint density at radius 2 is 1.88 bits per heavy atom. The van der Waals surface area contributed by atoms with E-state index in [0.717, 1.165) is 12.1 Å². The molecule has 1 heterocycles. The van der Waals surface area contributed by atoms with Crippen molar-refractivity contribution in [3.05, 3.63) is 53.6 Å². The van der Waals surface area contributed by atoms with E-state index in [1.165, 1.54) is 25.3 Å². The van der Waals surface area contributed by atoms with E-state index in [0.29, 0.717) is 5.75 Å². The van der Waals surface area contributed by atoms with E-state index in [1.807, 2.05) is 0 Å². The third kappa shape index (κ3) is 2.65. The highest BCUT2D eigenvalue weighted by atomic mass is 19.4. The van der Waals surface area contributed by atoms with Gasteiger partial charge in [-0.2, -0.15) is 0 Å². The number of anilines is 1. The zero-order valence-corrected chi connectivity index (χ0v) is 12.3. The van der Waals surface area contributed by atoms with E-state index in [2.05, 4.69) is 10.1 Å². The highest BCUT2D eigenvalue weighted by Crippen LogP contribution is 2.43. The van der Waals surface area contributed by atoms with Gasteiger partial charge in [-0.25, -0.2) is 0 Å². The molecule has 2 N–H and O–H groups in total. The van der Waals surface area contributed by atoms with Crippen LogP contribution in [0.3, 0.4) is 0 Å². The van der Waals surface area contributed by atoms with Gasteiger partial charge in [0.2, 0.25) is 0 Å². The number of hydrogen-bond acceptors (Lipinski definition) is 4. The quantitative estimate of drug-likeness (QED) is 0.902. The monoisotopic (exact) mass is 339 g/mol. The van der Waals surface area contributed by atoms with Gasteiger partial charge in [-0.1, -0.05) is 12.1 Å². The number of methoxy groups -OCH3 is 1. The zero-order chi connectivity index (χ0) is 17.5. The van der Waals surface area contributed by atoms with Crippen LogP contribution in [0.4, 0.5) is 18.9 Å². The molecule has 0 saturated carbocycles. The third-order valence-corrected chi connectivity index (χ3v) is 3.68. The van der Waals surface area contributed by atoms with Crippen LogP contribution in [0, 0.1) is 0 Å². The van der Waals surface area contributed by atoms with Gasteiger partial charge >= 0.3 is 6.36 Å². The molecule has 0 unspecified atom stereocenters. The maximum absolute atomic E-state index is 12.4. The van der Waals surface area contributed by atoms with Crippen molar-refractivity contribution in [3.63, 3.8) is 0 Å². The first kappa shape index (κ1) is 16.1. The van der Waals surface area contributed by atoms with Gasteiger partial charge in [-0.3, -0.25) is 4.79 Å². The Kier molecular flexibility index (Phi) is 3.64. The van der Waals surface area contributed by atoms with Crippen molar-refractivity contribution >= 4 is 11.6 Å². The van der Waals surface area contributed by atoms with Gasteiger partial charge < -0.3 is 19.9 Å². The second kappa shape index (κ2) is 5.41. The summed E-state index contributed by atoms with van der Waals surface area (Å²) in [7, 11) is 1.42. The molecule has 1 aliphatic heterocycles. The predicted molar refractivity (Wildman–Crippen MR) is 77.7 cm³/mol. The molecule has 0 aromatic heterocycles. The van der Waals surface area contributed by atoms with Crippen molar-refractivity contribution in [3.8, 4) is 11.5 Å². The number of carbonyl (C=O) groups is 1. The molecule has 0 saturated heterocycles. The van der Waals surface area contributed by atoms with Crippen LogP contribution in [0.15, 0.2) is 42.5 Å². The summed E-state index contributed by atoms with van der Waals surface area (Å²) in [4.78, 5) is 12.3. The molecule has 2 aromatic carbocycles. The van der Waals surface area contributed by atoms with Crippen molar-refractivity contribution in [2.45, 2.75) is 12.0 Å². The summed E-state index contributed by atoms with van der Waals surface area (Å²) in [6, 6.07) is 9.38. The third-order valence-electron chi connectivity index (χ3n) is 3.68. The molecule has 3 rings (SSSR count). The van der Waals surface area contributed by atoms with Crippen molar-refractivity contribution in [1.82, 2.24) is 0 Å².